The Kier molecular flexibility index (Phi) is 5.15. The van der Waals surface area contributed by atoms with E-state index in [2.05, 4.69) is 11.4 Å². The highest BCUT2D eigenvalue weighted by Gasteiger charge is 2.19. The molecule has 19 heavy (non-hydrogen) atoms. The first-order valence-electron chi connectivity index (χ1n) is 7.35. The molecule has 0 spiro atoms. The van der Waals surface area contributed by atoms with E-state index in [1.807, 2.05) is 32.2 Å². The van der Waals surface area contributed by atoms with Gasteiger partial charge in [-0.05, 0) is 45.2 Å². The zero-order valence-electron chi connectivity index (χ0n) is 12.0. The quantitative estimate of drug-likeness (QED) is 0.779. The second-order valence-corrected chi connectivity index (χ2v) is 5.43. The standard InChI is InChI=1S/C17H24FN/c1-13-9-8-12-15(16(13)18)17(19-2)14-10-6-4-3-5-7-11-14/h8-10,12,17,19H,3-7,11H2,1-2H3/b14-10+. The molecule has 1 N–H and O–H groups in total. The fourth-order valence-corrected chi connectivity index (χ4v) is 2.91. The number of hydrogen-bond donors (Lipinski definition) is 1. The number of aryl methyl sites for hydroxylation is 1. The van der Waals surface area contributed by atoms with Crippen LogP contribution in [0.3, 0.4) is 0 Å². The fourth-order valence-electron chi connectivity index (χ4n) is 2.91. The van der Waals surface area contributed by atoms with E-state index in [0.29, 0.717) is 0 Å². The smallest absolute Gasteiger partial charge is 0.131 e. The molecule has 1 aliphatic carbocycles. The van der Waals surface area contributed by atoms with E-state index in [4.69, 9.17) is 0 Å². The minimum Gasteiger partial charge on any atom is -0.310 e. The van der Waals surface area contributed by atoms with Crippen molar-refractivity contribution in [2.45, 2.75) is 51.5 Å². The molecule has 1 aliphatic rings. The maximum absolute atomic E-state index is 14.3. The topological polar surface area (TPSA) is 12.0 Å². The molecule has 2 rings (SSSR count). The molecule has 1 atom stereocenters. The van der Waals surface area contributed by atoms with E-state index in [1.165, 1.54) is 31.3 Å². The van der Waals surface area contributed by atoms with E-state index in [9.17, 15) is 4.39 Å². The summed E-state index contributed by atoms with van der Waals surface area (Å²) < 4.78 is 14.3. The minimum absolute atomic E-state index is 0.0259. The van der Waals surface area contributed by atoms with Crippen LogP contribution in [0, 0.1) is 12.7 Å². The minimum atomic E-state index is -0.0650. The average molecular weight is 261 g/mol. The normalized spacial score (nSPS) is 21.1. The number of likely N-dealkylation sites (N-methyl/N-ethyl adjacent to an activating group) is 1. The molecular weight excluding hydrogens is 237 g/mol. The highest BCUT2D eigenvalue weighted by atomic mass is 19.1. The van der Waals surface area contributed by atoms with Crippen LogP contribution in [0.15, 0.2) is 29.8 Å². The zero-order valence-corrected chi connectivity index (χ0v) is 12.0. The number of halogens is 1. The predicted molar refractivity (Wildman–Crippen MR) is 78.7 cm³/mol. The SMILES string of the molecule is CNC(/C1=C/CCCCCC1)c1cccc(C)c1F. The van der Waals surface area contributed by atoms with Gasteiger partial charge in [0.05, 0.1) is 6.04 Å². The van der Waals surface area contributed by atoms with Gasteiger partial charge in [-0.3, -0.25) is 0 Å². The van der Waals surface area contributed by atoms with Crippen molar-refractivity contribution < 1.29 is 4.39 Å². The van der Waals surface area contributed by atoms with Crippen molar-refractivity contribution in [3.8, 4) is 0 Å². The van der Waals surface area contributed by atoms with Crippen molar-refractivity contribution in [2.24, 2.45) is 0 Å². The molecule has 0 saturated heterocycles. The highest BCUT2D eigenvalue weighted by molar-refractivity contribution is 5.33. The van der Waals surface area contributed by atoms with Crippen LogP contribution in [0.4, 0.5) is 4.39 Å². The van der Waals surface area contributed by atoms with Crippen LogP contribution in [-0.2, 0) is 0 Å². The lowest BCUT2D eigenvalue weighted by Gasteiger charge is -2.23. The second-order valence-electron chi connectivity index (χ2n) is 5.43. The van der Waals surface area contributed by atoms with E-state index < -0.39 is 0 Å². The van der Waals surface area contributed by atoms with Gasteiger partial charge in [-0.25, -0.2) is 4.39 Å². The van der Waals surface area contributed by atoms with Crippen LogP contribution in [0.25, 0.3) is 0 Å². The lowest BCUT2D eigenvalue weighted by Crippen LogP contribution is -2.21. The van der Waals surface area contributed by atoms with Crippen molar-refractivity contribution >= 4 is 0 Å². The van der Waals surface area contributed by atoms with Crippen molar-refractivity contribution in [1.29, 1.82) is 0 Å². The van der Waals surface area contributed by atoms with Gasteiger partial charge in [0.25, 0.3) is 0 Å². The first-order valence-corrected chi connectivity index (χ1v) is 7.35. The zero-order chi connectivity index (χ0) is 13.7. The molecule has 2 heteroatoms. The van der Waals surface area contributed by atoms with Crippen LogP contribution >= 0.6 is 0 Å². The van der Waals surface area contributed by atoms with Gasteiger partial charge in [-0.15, -0.1) is 0 Å². The largest absolute Gasteiger partial charge is 0.310 e. The van der Waals surface area contributed by atoms with Crippen molar-refractivity contribution in [3.63, 3.8) is 0 Å². The van der Waals surface area contributed by atoms with Crippen LogP contribution in [0.1, 0.15) is 55.7 Å². The molecule has 0 aliphatic heterocycles. The molecule has 0 radical (unpaired) electrons. The Bertz CT molecular complexity index is 451. The van der Waals surface area contributed by atoms with Crippen LogP contribution in [0.2, 0.25) is 0 Å². The van der Waals surface area contributed by atoms with Crippen LogP contribution < -0.4 is 5.32 Å². The highest BCUT2D eigenvalue weighted by Crippen LogP contribution is 2.30. The molecule has 0 amide bonds. The van der Waals surface area contributed by atoms with Gasteiger partial charge >= 0.3 is 0 Å². The number of allylic oxidation sites excluding steroid dienone is 1. The monoisotopic (exact) mass is 261 g/mol. The molecule has 1 aromatic rings. The lowest BCUT2D eigenvalue weighted by molar-refractivity contribution is 0.538. The summed E-state index contributed by atoms with van der Waals surface area (Å²) in [6.45, 7) is 1.83. The molecule has 0 aromatic heterocycles. The second kappa shape index (κ2) is 6.85. The summed E-state index contributed by atoms with van der Waals surface area (Å²) in [4.78, 5) is 0. The summed E-state index contributed by atoms with van der Waals surface area (Å²) in [5.74, 6) is -0.0650. The predicted octanol–water partition coefficient (Wildman–Crippen LogP) is 4.68. The number of hydrogen-bond acceptors (Lipinski definition) is 1. The van der Waals surface area contributed by atoms with Gasteiger partial charge in [-0.1, -0.05) is 42.7 Å². The average Bonchev–Trinajstić information content (AvgIpc) is 2.37. The van der Waals surface area contributed by atoms with Crippen molar-refractivity contribution in [2.75, 3.05) is 7.05 Å². The van der Waals surface area contributed by atoms with E-state index in [-0.39, 0.29) is 11.9 Å². The maximum Gasteiger partial charge on any atom is 0.131 e. The van der Waals surface area contributed by atoms with Gasteiger partial charge < -0.3 is 5.32 Å². The summed E-state index contributed by atoms with van der Waals surface area (Å²) in [5.41, 5.74) is 2.87. The molecule has 1 aromatic carbocycles. The first-order chi connectivity index (χ1) is 9.24. The summed E-state index contributed by atoms with van der Waals surface area (Å²) >= 11 is 0. The Balaban J connectivity index is 2.30. The molecule has 0 saturated carbocycles. The first kappa shape index (κ1) is 14.3. The molecule has 0 bridgehead atoms. The van der Waals surface area contributed by atoms with E-state index >= 15 is 0 Å². The molecule has 104 valence electrons. The third-order valence-electron chi connectivity index (χ3n) is 4.02. The molecule has 0 fully saturated rings. The Labute approximate surface area is 115 Å². The number of benzene rings is 1. The van der Waals surface area contributed by atoms with E-state index in [0.717, 1.165) is 24.0 Å². The van der Waals surface area contributed by atoms with Crippen LogP contribution in [0.5, 0.6) is 0 Å². The van der Waals surface area contributed by atoms with Crippen molar-refractivity contribution in [1.82, 2.24) is 5.32 Å². The Morgan fingerprint density at radius 3 is 2.74 bits per heavy atom. The fraction of sp³-hybridized carbons (Fsp3) is 0.529. The summed E-state index contributed by atoms with van der Waals surface area (Å²) in [7, 11) is 1.92. The van der Waals surface area contributed by atoms with Gasteiger partial charge in [-0.2, -0.15) is 0 Å². The molecule has 1 unspecified atom stereocenters. The third kappa shape index (κ3) is 3.44. The van der Waals surface area contributed by atoms with Crippen molar-refractivity contribution in [3.05, 3.63) is 46.8 Å². The summed E-state index contributed by atoms with van der Waals surface area (Å²) in [6.07, 6.45) is 9.63. The van der Waals surface area contributed by atoms with Gasteiger partial charge in [0, 0.05) is 5.56 Å². The van der Waals surface area contributed by atoms with Gasteiger partial charge in [0.15, 0.2) is 0 Å². The van der Waals surface area contributed by atoms with E-state index in [1.54, 1.807) is 0 Å². The summed E-state index contributed by atoms with van der Waals surface area (Å²) in [5, 5.41) is 3.30. The van der Waals surface area contributed by atoms with Gasteiger partial charge in [0.1, 0.15) is 5.82 Å². The number of nitrogens with one attached hydrogen (secondary N) is 1. The Morgan fingerprint density at radius 1 is 1.16 bits per heavy atom. The molecule has 1 nitrogen and oxygen atoms in total. The third-order valence-corrected chi connectivity index (χ3v) is 4.02. The molecular formula is C17H24FN. The number of rotatable bonds is 3. The molecule has 0 heterocycles. The van der Waals surface area contributed by atoms with Crippen LogP contribution in [-0.4, -0.2) is 7.05 Å². The Hall–Kier alpha value is -1.15. The van der Waals surface area contributed by atoms with Gasteiger partial charge in [0.2, 0.25) is 0 Å². The Morgan fingerprint density at radius 2 is 1.95 bits per heavy atom. The lowest BCUT2D eigenvalue weighted by atomic mass is 9.90. The summed E-state index contributed by atoms with van der Waals surface area (Å²) in [6, 6.07) is 5.71. The maximum atomic E-state index is 14.3.